The molecule has 0 N–H and O–H groups in total. The Morgan fingerprint density at radius 1 is 1.44 bits per heavy atom. The highest BCUT2D eigenvalue weighted by atomic mass is 127. The van der Waals surface area contributed by atoms with Gasteiger partial charge in [0.2, 0.25) is 0 Å². The summed E-state index contributed by atoms with van der Waals surface area (Å²) in [5, 5.41) is 5.26. The molecule has 2 heterocycles. The third kappa shape index (κ3) is 2.18. The first-order chi connectivity index (χ1) is 8.66. The standard InChI is InChI=1S/C12H11BrFIN2O/c13-7-5-8-11(9(14)6-7)17(16-12(8)15)10-3-1-2-4-18-10/h5-6,10H,1-4H2. The molecule has 0 saturated carbocycles. The maximum absolute atomic E-state index is 14.1. The van der Waals surface area contributed by atoms with Crippen LogP contribution in [-0.2, 0) is 4.74 Å². The van der Waals surface area contributed by atoms with Crippen LogP contribution in [0.3, 0.4) is 0 Å². The van der Waals surface area contributed by atoms with Crippen molar-refractivity contribution < 1.29 is 9.13 Å². The highest BCUT2D eigenvalue weighted by Crippen LogP contribution is 2.32. The van der Waals surface area contributed by atoms with Gasteiger partial charge in [0.25, 0.3) is 0 Å². The smallest absolute Gasteiger partial charge is 0.151 e. The van der Waals surface area contributed by atoms with E-state index in [2.05, 4.69) is 43.6 Å². The van der Waals surface area contributed by atoms with E-state index < -0.39 is 0 Å². The van der Waals surface area contributed by atoms with Crippen LogP contribution in [0.2, 0.25) is 0 Å². The molecule has 1 saturated heterocycles. The summed E-state index contributed by atoms with van der Waals surface area (Å²) in [6.07, 6.45) is 2.92. The molecule has 2 aromatic rings. The van der Waals surface area contributed by atoms with E-state index >= 15 is 0 Å². The molecule has 3 nitrogen and oxygen atoms in total. The van der Waals surface area contributed by atoms with Gasteiger partial charge in [0.1, 0.15) is 15.0 Å². The molecule has 3 rings (SSSR count). The average molecular weight is 425 g/mol. The lowest BCUT2D eigenvalue weighted by atomic mass is 10.2. The topological polar surface area (TPSA) is 27.1 Å². The number of hydrogen-bond acceptors (Lipinski definition) is 2. The monoisotopic (exact) mass is 424 g/mol. The van der Waals surface area contributed by atoms with Crippen molar-refractivity contribution in [1.29, 1.82) is 0 Å². The quantitative estimate of drug-likeness (QED) is 0.640. The summed E-state index contributed by atoms with van der Waals surface area (Å²) in [6, 6.07) is 3.37. The number of ether oxygens (including phenoxy) is 1. The van der Waals surface area contributed by atoms with E-state index in [0.29, 0.717) is 5.52 Å². The van der Waals surface area contributed by atoms with Crippen LogP contribution in [0.25, 0.3) is 10.9 Å². The van der Waals surface area contributed by atoms with Gasteiger partial charge in [-0.25, -0.2) is 9.07 Å². The molecule has 1 aliphatic heterocycles. The molecule has 0 amide bonds. The minimum absolute atomic E-state index is 0.138. The molecule has 0 spiro atoms. The maximum atomic E-state index is 14.1. The van der Waals surface area contributed by atoms with Crippen LogP contribution < -0.4 is 0 Å². The highest BCUT2D eigenvalue weighted by Gasteiger charge is 2.22. The van der Waals surface area contributed by atoms with Crippen LogP contribution in [-0.4, -0.2) is 16.4 Å². The molecule has 1 aromatic carbocycles. The van der Waals surface area contributed by atoms with Crippen molar-refractivity contribution in [3.05, 3.63) is 26.1 Å². The Morgan fingerprint density at radius 3 is 3.00 bits per heavy atom. The molecular weight excluding hydrogens is 414 g/mol. The lowest BCUT2D eigenvalue weighted by molar-refractivity contribution is -0.0371. The van der Waals surface area contributed by atoms with E-state index in [1.54, 1.807) is 4.68 Å². The number of halogens is 3. The Bertz CT molecular complexity index is 595. The Morgan fingerprint density at radius 2 is 2.28 bits per heavy atom. The minimum atomic E-state index is -0.260. The molecule has 1 atom stereocenters. The maximum Gasteiger partial charge on any atom is 0.151 e. The number of fused-ring (bicyclic) bond motifs is 1. The number of rotatable bonds is 1. The number of benzene rings is 1. The van der Waals surface area contributed by atoms with Crippen LogP contribution in [0.15, 0.2) is 16.6 Å². The van der Waals surface area contributed by atoms with E-state index in [4.69, 9.17) is 4.74 Å². The molecule has 0 aliphatic carbocycles. The van der Waals surface area contributed by atoms with Crippen molar-refractivity contribution in [3.63, 3.8) is 0 Å². The third-order valence-corrected chi connectivity index (χ3v) is 4.36. The van der Waals surface area contributed by atoms with Crippen molar-refractivity contribution in [1.82, 2.24) is 9.78 Å². The van der Waals surface area contributed by atoms with Crippen LogP contribution in [0.5, 0.6) is 0 Å². The zero-order valence-electron chi connectivity index (χ0n) is 9.50. The summed E-state index contributed by atoms with van der Waals surface area (Å²) >= 11 is 5.44. The predicted octanol–water partition coefficient (Wildman–Crippen LogP) is 4.24. The first-order valence-electron chi connectivity index (χ1n) is 5.81. The zero-order chi connectivity index (χ0) is 12.7. The summed E-state index contributed by atoms with van der Waals surface area (Å²) in [7, 11) is 0. The number of hydrogen-bond donors (Lipinski definition) is 0. The summed E-state index contributed by atoms with van der Waals surface area (Å²) in [6.45, 7) is 0.723. The van der Waals surface area contributed by atoms with Gasteiger partial charge in [-0.1, -0.05) is 15.9 Å². The normalized spacial score (nSPS) is 20.5. The van der Waals surface area contributed by atoms with E-state index in [1.165, 1.54) is 6.07 Å². The SMILES string of the molecule is Fc1cc(Br)cc2c(I)nn(C3CCCCO3)c12. The first kappa shape index (κ1) is 12.8. The molecule has 6 heteroatoms. The fraction of sp³-hybridized carbons (Fsp3) is 0.417. The van der Waals surface area contributed by atoms with Gasteiger partial charge < -0.3 is 4.74 Å². The van der Waals surface area contributed by atoms with Crippen molar-refractivity contribution in [2.75, 3.05) is 6.61 Å². The van der Waals surface area contributed by atoms with Crippen LogP contribution in [0.1, 0.15) is 25.5 Å². The van der Waals surface area contributed by atoms with Crippen molar-refractivity contribution in [2.45, 2.75) is 25.5 Å². The average Bonchev–Trinajstić information content (AvgIpc) is 2.68. The van der Waals surface area contributed by atoms with Crippen molar-refractivity contribution in [2.24, 2.45) is 0 Å². The fourth-order valence-corrected chi connectivity index (χ4v) is 3.35. The van der Waals surface area contributed by atoms with Gasteiger partial charge in [0.05, 0.1) is 0 Å². The van der Waals surface area contributed by atoms with Crippen LogP contribution in [0, 0.1) is 9.52 Å². The second kappa shape index (κ2) is 5.05. The van der Waals surface area contributed by atoms with Gasteiger partial charge in [-0.15, -0.1) is 0 Å². The highest BCUT2D eigenvalue weighted by molar-refractivity contribution is 14.1. The summed E-state index contributed by atoms with van der Waals surface area (Å²) in [4.78, 5) is 0. The minimum Gasteiger partial charge on any atom is -0.356 e. The fourth-order valence-electron chi connectivity index (χ4n) is 2.28. The van der Waals surface area contributed by atoms with Crippen molar-refractivity contribution in [3.8, 4) is 0 Å². The Balaban J connectivity index is 2.17. The Labute approximate surface area is 126 Å². The van der Waals surface area contributed by atoms with Gasteiger partial charge in [0, 0.05) is 16.5 Å². The Hall–Kier alpha value is -0.210. The van der Waals surface area contributed by atoms with Crippen LogP contribution >= 0.6 is 38.5 Å². The molecule has 18 heavy (non-hydrogen) atoms. The lowest BCUT2D eigenvalue weighted by Gasteiger charge is -2.23. The Kier molecular flexibility index (Phi) is 3.59. The molecular formula is C12H11BrFIN2O. The van der Waals surface area contributed by atoms with E-state index in [-0.39, 0.29) is 12.0 Å². The van der Waals surface area contributed by atoms with E-state index in [9.17, 15) is 4.39 Å². The molecule has 1 aliphatic rings. The third-order valence-electron chi connectivity index (χ3n) is 3.10. The summed E-state index contributed by atoms with van der Waals surface area (Å²) < 4.78 is 23.0. The molecule has 96 valence electrons. The molecule has 1 aromatic heterocycles. The van der Waals surface area contributed by atoms with Gasteiger partial charge in [-0.3, -0.25) is 0 Å². The molecule has 1 fully saturated rings. The lowest BCUT2D eigenvalue weighted by Crippen LogP contribution is -2.19. The largest absolute Gasteiger partial charge is 0.356 e. The molecule has 0 bridgehead atoms. The molecule has 0 radical (unpaired) electrons. The van der Waals surface area contributed by atoms with Gasteiger partial charge in [-0.2, -0.15) is 5.10 Å². The van der Waals surface area contributed by atoms with Gasteiger partial charge in [0.15, 0.2) is 6.23 Å². The van der Waals surface area contributed by atoms with Gasteiger partial charge in [-0.05, 0) is 54.0 Å². The second-order valence-electron chi connectivity index (χ2n) is 4.34. The summed E-state index contributed by atoms with van der Waals surface area (Å²) in [5.41, 5.74) is 0.537. The second-order valence-corrected chi connectivity index (χ2v) is 6.28. The van der Waals surface area contributed by atoms with Gasteiger partial charge >= 0.3 is 0 Å². The van der Waals surface area contributed by atoms with Crippen molar-refractivity contribution >= 4 is 49.4 Å². The number of aromatic nitrogens is 2. The zero-order valence-corrected chi connectivity index (χ0v) is 13.2. The molecule has 1 unspecified atom stereocenters. The van der Waals surface area contributed by atoms with Crippen LogP contribution in [0.4, 0.5) is 4.39 Å². The summed E-state index contributed by atoms with van der Waals surface area (Å²) in [5.74, 6) is -0.260. The number of nitrogens with zero attached hydrogens (tertiary/aromatic N) is 2. The van der Waals surface area contributed by atoms with E-state index in [0.717, 1.165) is 39.4 Å². The van der Waals surface area contributed by atoms with E-state index in [1.807, 2.05) is 6.07 Å². The first-order valence-corrected chi connectivity index (χ1v) is 7.68. The predicted molar refractivity (Wildman–Crippen MR) is 78.9 cm³/mol.